The molecule has 1 fully saturated rings. The van der Waals surface area contributed by atoms with Gasteiger partial charge in [0, 0.05) is 30.8 Å². The highest BCUT2D eigenvalue weighted by Crippen LogP contribution is 2.17. The molecule has 0 amide bonds. The van der Waals surface area contributed by atoms with E-state index >= 15 is 0 Å². The molecule has 2 atom stereocenters. The first-order valence-electron chi connectivity index (χ1n) is 5.22. The Hall–Kier alpha value is 0.200. The zero-order chi connectivity index (χ0) is 10.6. The van der Waals surface area contributed by atoms with Crippen molar-refractivity contribution in [2.24, 2.45) is 11.7 Å². The minimum absolute atomic E-state index is 0.343. The van der Waals surface area contributed by atoms with Gasteiger partial charge >= 0.3 is 0 Å². The Kier molecular flexibility index (Phi) is 5.20. The van der Waals surface area contributed by atoms with E-state index in [-0.39, 0.29) is 0 Å². The molecule has 0 bridgehead atoms. The summed E-state index contributed by atoms with van der Waals surface area (Å²) in [6.45, 7) is 6.63. The van der Waals surface area contributed by atoms with Gasteiger partial charge in [0.05, 0.1) is 4.99 Å². The predicted octanol–water partition coefficient (Wildman–Crippen LogP) is 1.74. The summed E-state index contributed by atoms with van der Waals surface area (Å²) in [4.78, 5) is 3.17. The molecule has 1 heterocycles. The van der Waals surface area contributed by atoms with Crippen LogP contribution in [0.25, 0.3) is 0 Å². The third kappa shape index (κ3) is 3.75. The van der Waals surface area contributed by atoms with Crippen LogP contribution in [0.2, 0.25) is 0 Å². The minimum Gasteiger partial charge on any atom is -0.393 e. The Morgan fingerprint density at radius 3 is 3.00 bits per heavy atom. The smallest absolute Gasteiger partial charge is 0.0768 e. The molecule has 0 spiro atoms. The van der Waals surface area contributed by atoms with Crippen molar-refractivity contribution < 1.29 is 0 Å². The van der Waals surface area contributed by atoms with Gasteiger partial charge in [-0.15, -0.1) is 0 Å². The molecular formula is C10H20N2S2. The van der Waals surface area contributed by atoms with Crippen molar-refractivity contribution in [1.82, 2.24) is 4.90 Å². The molecule has 1 aliphatic rings. The number of nitrogens with zero attached hydrogens (tertiary/aromatic N) is 1. The van der Waals surface area contributed by atoms with E-state index in [1.54, 1.807) is 0 Å². The number of thiocarbonyl (C=S) groups is 1. The molecule has 0 aromatic rings. The van der Waals surface area contributed by atoms with Gasteiger partial charge in [-0.2, -0.15) is 11.8 Å². The van der Waals surface area contributed by atoms with Gasteiger partial charge in [-0.1, -0.05) is 19.1 Å². The predicted molar refractivity (Wildman–Crippen MR) is 68.9 cm³/mol. The van der Waals surface area contributed by atoms with E-state index in [4.69, 9.17) is 18.0 Å². The zero-order valence-corrected chi connectivity index (χ0v) is 10.7. The topological polar surface area (TPSA) is 29.3 Å². The highest BCUT2D eigenvalue weighted by atomic mass is 32.2. The second-order valence-corrected chi connectivity index (χ2v) is 5.74. The zero-order valence-electron chi connectivity index (χ0n) is 9.03. The molecular weight excluding hydrogens is 212 g/mol. The first-order valence-corrected chi connectivity index (χ1v) is 6.78. The van der Waals surface area contributed by atoms with Crippen molar-refractivity contribution in [3.8, 4) is 0 Å². The molecule has 4 heteroatoms. The van der Waals surface area contributed by atoms with E-state index in [9.17, 15) is 0 Å². The van der Waals surface area contributed by atoms with Crippen LogP contribution >= 0.6 is 24.0 Å². The number of nitrogens with two attached hydrogens (primary N) is 1. The SMILES string of the molecule is CC(CN1CCSCCC1C)C(N)=S. The van der Waals surface area contributed by atoms with Crippen LogP contribution < -0.4 is 5.73 Å². The maximum absolute atomic E-state index is 5.64. The van der Waals surface area contributed by atoms with Gasteiger partial charge in [-0.3, -0.25) is 4.90 Å². The fourth-order valence-corrected chi connectivity index (χ4v) is 2.80. The lowest BCUT2D eigenvalue weighted by molar-refractivity contribution is 0.209. The molecule has 1 saturated heterocycles. The maximum Gasteiger partial charge on any atom is 0.0768 e. The van der Waals surface area contributed by atoms with Crippen molar-refractivity contribution in [3.63, 3.8) is 0 Å². The van der Waals surface area contributed by atoms with Gasteiger partial charge < -0.3 is 5.73 Å². The van der Waals surface area contributed by atoms with Crippen molar-refractivity contribution in [3.05, 3.63) is 0 Å². The molecule has 14 heavy (non-hydrogen) atoms. The fraction of sp³-hybridized carbons (Fsp3) is 0.900. The van der Waals surface area contributed by atoms with Gasteiger partial charge in [0.2, 0.25) is 0 Å². The van der Waals surface area contributed by atoms with E-state index in [0.717, 1.165) is 6.54 Å². The van der Waals surface area contributed by atoms with E-state index in [1.807, 2.05) is 0 Å². The summed E-state index contributed by atoms with van der Waals surface area (Å²) in [7, 11) is 0. The lowest BCUT2D eigenvalue weighted by Crippen LogP contribution is -2.40. The first kappa shape index (κ1) is 12.3. The van der Waals surface area contributed by atoms with Crippen molar-refractivity contribution in [2.75, 3.05) is 24.6 Å². The van der Waals surface area contributed by atoms with Gasteiger partial charge in [0.1, 0.15) is 0 Å². The van der Waals surface area contributed by atoms with Crippen molar-refractivity contribution in [1.29, 1.82) is 0 Å². The summed E-state index contributed by atoms with van der Waals surface area (Å²) in [6.07, 6.45) is 1.29. The molecule has 82 valence electrons. The largest absolute Gasteiger partial charge is 0.393 e. The van der Waals surface area contributed by atoms with Crippen molar-refractivity contribution >= 4 is 29.0 Å². The summed E-state index contributed by atoms with van der Waals surface area (Å²) >= 11 is 7.06. The highest BCUT2D eigenvalue weighted by Gasteiger charge is 2.19. The van der Waals surface area contributed by atoms with Crippen LogP contribution in [-0.4, -0.2) is 40.5 Å². The molecule has 0 aliphatic carbocycles. The average molecular weight is 232 g/mol. The Morgan fingerprint density at radius 2 is 2.36 bits per heavy atom. The molecule has 0 radical (unpaired) electrons. The molecule has 0 saturated carbocycles. The molecule has 2 unspecified atom stereocenters. The lowest BCUT2D eigenvalue weighted by Gasteiger charge is -2.28. The first-order chi connectivity index (χ1) is 6.61. The van der Waals surface area contributed by atoms with Gasteiger partial charge in [0.25, 0.3) is 0 Å². The van der Waals surface area contributed by atoms with Crippen LogP contribution in [0.1, 0.15) is 20.3 Å². The molecule has 1 aliphatic heterocycles. The van der Waals surface area contributed by atoms with Crippen LogP contribution in [0.3, 0.4) is 0 Å². The van der Waals surface area contributed by atoms with E-state index in [0.29, 0.717) is 16.9 Å². The summed E-state index contributed by atoms with van der Waals surface area (Å²) in [6, 6.07) is 0.682. The van der Waals surface area contributed by atoms with Crippen LogP contribution in [0.15, 0.2) is 0 Å². The number of hydrogen-bond acceptors (Lipinski definition) is 3. The monoisotopic (exact) mass is 232 g/mol. The summed E-state index contributed by atoms with van der Waals surface area (Å²) in [5.41, 5.74) is 5.64. The highest BCUT2D eigenvalue weighted by molar-refractivity contribution is 7.99. The third-order valence-corrected chi connectivity index (χ3v) is 4.22. The molecule has 1 rings (SSSR count). The molecule has 2 nitrogen and oxygen atoms in total. The average Bonchev–Trinajstić information content (AvgIpc) is 2.32. The summed E-state index contributed by atoms with van der Waals surface area (Å²) in [5.74, 6) is 2.88. The second kappa shape index (κ2) is 5.93. The van der Waals surface area contributed by atoms with Crippen LogP contribution in [0.4, 0.5) is 0 Å². The van der Waals surface area contributed by atoms with Gasteiger partial charge in [0.15, 0.2) is 0 Å². The normalized spacial score (nSPS) is 26.9. The second-order valence-electron chi connectivity index (χ2n) is 4.05. The van der Waals surface area contributed by atoms with Crippen LogP contribution in [-0.2, 0) is 0 Å². The summed E-state index contributed by atoms with van der Waals surface area (Å²) < 4.78 is 0. The number of thioether (sulfide) groups is 1. The fourth-order valence-electron chi connectivity index (χ4n) is 1.65. The third-order valence-electron chi connectivity index (χ3n) is 2.82. The van der Waals surface area contributed by atoms with Crippen LogP contribution in [0, 0.1) is 5.92 Å². The molecule has 0 aromatic carbocycles. The summed E-state index contributed by atoms with van der Waals surface area (Å²) in [5, 5.41) is 0. The Morgan fingerprint density at radius 1 is 1.64 bits per heavy atom. The van der Waals surface area contributed by atoms with E-state index in [1.165, 1.54) is 24.5 Å². The maximum atomic E-state index is 5.64. The van der Waals surface area contributed by atoms with E-state index < -0.39 is 0 Å². The minimum atomic E-state index is 0.343. The van der Waals surface area contributed by atoms with E-state index in [2.05, 4.69) is 30.5 Å². The molecule has 2 N–H and O–H groups in total. The standard InChI is InChI=1S/C10H20N2S2/c1-8(10(11)13)7-12-4-6-14-5-3-9(12)2/h8-9H,3-7H2,1-2H3,(H2,11,13). The van der Waals surface area contributed by atoms with Gasteiger partial charge in [-0.05, 0) is 19.1 Å². The van der Waals surface area contributed by atoms with Gasteiger partial charge in [-0.25, -0.2) is 0 Å². The number of rotatable bonds is 3. The molecule has 0 aromatic heterocycles. The Labute approximate surface area is 96.6 Å². The van der Waals surface area contributed by atoms with Crippen molar-refractivity contribution in [2.45, 2.75) is 26.3 Å². The quantitative estimate of drug-likeness (QED) is 0.751. The Balaban J connectivity index is 2.43. The Bertz CT molecular complexity index is 197. The lowest BCUT2D eigenvalue weighted by atomic mass is 10.1. The number of hydrogen-bond donors (Lipinski definition) is 1. The van der Waals surface area contributed by atoms with Crippen LogP contribution in [0.5, 0.6) is 0 Å².